The molecule has 10 nitrogen and oxygen atoms in total. The Bertz CT molecular complexity index is 1980. The maximum absolute atomic E-state index is 14.0. The van der Waals surface area contributed by atoms with Crippen molar-refractivity contribution in [1.82, 2.24) is 19.7 Å². The number of likely N-dealkylation sites (N-methyl/N-ethyl adjacent to an activating group) is 1. The minimum absolute atomic E-state index is 0.103. The van der Waals surface area contributed by atoms with Crippen LogP contribution in [0.4, 0.5) is 17.2 Å². The topological polar surface area (TPSA) is 107 Å². The third-order valence-electron chi connectivity index (χ3n) is 10.9. The summed E-state index contributed by atoms with van der Waals surface area (Å²) >= 11 is 1.60. The van der Waals surface area contributed by atoms with Gasteiger partial charge in [-0.3, -0.25) is 19.3 Å². The van der Waals surface area contributed by atoms with Gasteiger partial charge >= 0.3 is 0 Å². The molecule has 0 radical (unpaired) electrons. The molecule has 4 aromatic rings. The maximum Gasteiger partial charge on any atom is 0.265 e. The summed E-state index contributed by atoms with van der Waals surface area (Å²) in [6, 6.07) is 19.0. The van der Waals surface area contributed by atoms with Gasteiger partial charge in [0.2, 0.25) is 11.3 Å². The Hall–Kier alpha value is -4.42. The third-order valence-corrected chi connectivity index (χ3v) is 12.1. The molecule has 2 N–H and O–H groups in total. The third kappa shape index (κ3) is 8.23. The number of ether oxygens (including phenoxy) is 1. The molecule has 2 aromatic heterocycles. The number of piperazine rings is 1. The van der Waals surface area contributed by atoms with Crippen molar-refractivity contribution >= 4 is 40.3 Å². The predicted octanol–water partition coefficient (Wildman–Crippen LogP) is 6.45. The van der Waals surface area contributed by atoms with Gasteiger partial charge in [0, 0.05) is 66.6 Å². The van der Waals surface area contributed by atoms with E-state index in [-0.39, 0.29) is 29.1 Å². The van der Waals surface area contributed by atoms with Crippen LogP contribution >= 0.6 is 11.3 Å². The Balaban J connectivity index is 1.14. The van der Waals surface area contributed by atoms with Crippen LogP contribution in [0.5, 0.6) is 0 Å². The molecular weight excluding hydrogens is 685 g/mol. The Labute approximate surface area is 316 Å². The molecule has 2 amide bonds. The van der Waals surface area contributed by atoms with E-state index in [0.29, 0.717) is 55.4 Å². The molecular formula is C42H50N6O4S. The van der Waals surface area contributed by atoms with Crippen molar-refractivity contribution in [3.05, 3.63) is 103 Å². The second-order valence-corrected chi connectivity index (χ2v) is 15.3. The van der Waals surface area contributed by atoms with Gasteiger partial charge in [-0.2, -0.15) is 0 Å². The van der Waals surface area contributed by atoms with Gasteiger partial charge in [0.25, 0.3) is 5.91 Å². The number of nitrogens with zero attached hydrogens (tertiary/aromatic N) is 4. The average molecular weight is 735 g/mol. The van der Waals surface area contributed by atoms with Gasteiger partial charge in [-0.15, -0.1) is 11.3 Å². The highest BCUT2D eigenvalue weighted by Gasteiger charge is 2.34. The van der Waals surface area contributed by atoms with Crippen molar-refractivity contribution in [2.75, 3.05) is 69.7 Å². The molecule has 3 aliphatic rings. The molecule has 7 rings (SSSR count). The van der Waals surface area contributed by atoms with E-state index >= 15 is 0 Å². The number of benzene rings is 2. The number of nitrogens with one attached hydrogen (secondary N) is 2. The SMILES string of the molecule is CCc1ccc(-c2cccc(NC(=O)c3cc4c(s3)CCCC4)c2C)nc(Nc2ccc(C(C(=O)N3CCOCC3)N3CCN(CC)CC3)cc2)c1=O. The van der Waals surface area contributed by atoms with Crippen LogP contribution in [-0.2, 0) is 28.8 Å². The largest absolute Gasteiger partial charge is 0.378 e. The first-order valence-electron chi connectivity index (χ1n) is 19.1. The number of morpholine rings is 1. The second-order valence-electron chi connectivity index (χ2n) is 14.1. The van der Waals surface area contributed by atoms with Crippen LogP contribution in [0.3, 0.4) is 0 Å². The van der Waals surface area contributed by atoms with Gasteiger partial charge in [-0.25, -0.2) is 4.98 Å². The van der Waals surface area contributed by atoms with Gasteiger partial charge in [-0.1, -0.05) is 44.2 Å². The molecule has 2 fully saturated rings. The zero-order chi connectivity index (χ0) is 36.9. The molecule has 4 heterocycles. The second kappa shape index (κ2) is 16.7. The van der Waals surface area contributed by atoms with E-state index in [9.17, 15) is 14.4 Å². The number of hydrogen-bond acceptors (Lipinski definition) is 9. The summed E-state index contributed by atoms with van der Waals surface area (Å²) in [4.78, 5) is 54.7. The van der Waals surface area contributed by atoms with Crippen molar-refractivity contribution in [2.45, 2.75) is 58.9 Å². The number of fused-ring (bicyclic) bond motifs is 1. The van der Waals surface area contributed by atoms with Crippen molar-refractivity contribution < 1.29 is 14.3 Å². The van der Waals surface area contributed by atoms with Crippen LogP contribution in [0, 0.1) is 6.92 Å². The van der Waals surface area contributed by atoms with Gasteiger partial charge < -0.3 is 25.2 Å². The Morgan fingerprint density at radius 2 is 1.68 bits per heavy atom. The fourth-order valence-electron chi connectivity index (χ4n) is 7.65. The van der Waals surface area contributed by atoms with E-state index in [2.05, 4.69) is 33.4 Å². The zero-order valence-electron chi connectivity index (χ0n) is 31.1. The molecule has 0 spiro atoms. The van der Waals surface area contributed by atoms with Crippen LogP contribution in [0.2, 0.25) is 0 Å². The molecule has 0 bridgehead atoms. The highest BCUT2D eigenvalue weighted by Crippen LogP contribution is 2.33. The van der Waals surface area contributed by atoms with Gasteiger partial charge in [0.15, 0.2) is 5.82 Å². The van der Waals surface area contributed by atoms with E-state index in [1.807, 2.05) is 73.3 Å². The number of aryl methyl sites for hydroxylation is 3. The molecule has 11 heteroatoms. The number of carbonyl (C=O) groups is 2. The number of anilines is 3. The first-order chi connectivity index (χ1) is 25.8. The van der Waals surface area contributed by atoms with Crippen LogP contribution in [0.15, 0.2) is 65.5 Å². The standard InChI is InChI=1S/C42H50N6O4S/c1-4-29-15-18-35(33-10-8-11-34(28(33)3)45-41(50)37-27-31-9-6-7-12-36(31)53-37)44-40(39(29)49)43-32-16-13-30(14-17-32)38(42(51)48-23-25-52-26-24-48)47-21-19-46(5-2)20-22-47/h8,10-11,13-18,27,38H,4-7,9,12,19-26H2,1-3H3,(H,45,50)(H,43,44,49). The van der Waals surface area contributed by atoms with Crippen LogP contribution in [-0.4, -0.2) is 90.5 Å². The molecule has 1 aliphatic carbocycles. The van der Waals surface area contributed by atoms with Gasteiger partial charge in [0.1, 0.15) is 6.04 Å². The lowest BCUT2D eigenvalue weighted by Gasteiger charge is -2.40. The lowest BCUT2D eigenvalue weighted by Crippen LogP contribution is -2.53. The number of amides is 2. The summed E-state index contributed by atoms with van der Waals surface area (Å²) in [6.45, 7) is 12.9. The predicted molar refractivity (Wildman–Crippen MR) is 213 cm³/mol. The number of thiophene rings is 1. The highest BCUT2D eigenvalue weighted by atomic mass is 32.1. The lowest BCUT2D eigenvalue weighted by molar-refractivity contribution is -0.142. The van der Waals surface area contributed by atoms with Gasteiger partial charge in [0.05, 0.1) is 23.8 Å². The van der Waals surface area contributed by atoms with Crippen molar-refractivity contribution in [3.8, 4) is 11.3 Å². The van der Waals surface area contributed by atoms with Crippen molar-refractivity contribution in [3.63, 3.8) is 0 Å². The minimum Gasteiger partial charge on any atom is -0.378 e. The first kappa shape index (κ1) is 36.9. The Morgan fingerprint density at radius 1 is 0.925 bits per heavy atom. The summed E-state index contributed by atoms with van der Waals surface area (Å²) in [6.07, 6.45) is 5.00. The molecule has 1 atom stereocenters. The van der Waals surface area contributed by atoms with Crippen LogP contribution < -0.4 is 16.1 Å². The molecule has 1 unspecified atom stereocenters. The fourth-order valence-corrected chi connectivity index (χ4v) is 8.80. The average Bonchev–Trinajstić information content (AvgIpc) is 3.57. The molecule has 2 saturated heterocycles. The van der Waals surface area contributed by atoms with E-state index < -0.39 is 0 Å². The quantitative estimate of drug-likeness (QED) is 0.192. The number of rotatable bonds is 10. The van der Waals surface area contributed by atoms with Crippen molar-refractivity contribution in [2.24, 2.45) is 0 Å². The summed E-state index contributed by atoms with van der Waals surface area (Å²) in [5.74, 6) is 0.233. The fraction of sp³-hybridized carbons (Fsp3) is 0.429. The number of aromatic nitrogens is 1. The smallest absolute Gasteiger partial charge is 0.265 e. The Kier molecular flexibility index (Phi) is 11.6. The lowest BCUT2D eigenvalue weighted by atomic mass is 9.99. The van der Waals surface area contributed by atoms with E-state index in [1.54, 1.807) is 11.3 Å². The number of carbonyl (C=O) groups excluding carboxylic acids is 2. The van der Waals surface area contributed by atoms with Crippen LogP contribution in [0.1, 0.15) is 69.5 Å². The van der Waals surface area contributed by atoms with Crippen molar-refractivity contribution in [1.29, 1.82) is 0 Å². The Morgan fingerprint density at radius 3 is 2.40 bits per heavy atom. The number of hydrogen-bond donors (Lipinski definition) is 2. The molecule has 2 aliphatic heterocycles. The summed E-state index contributed by atoms with van der Waals surface area (Å²) in [5.41, 5.74) is 6.47. The molecule has 0 saturated carbocycles. The van der Waals surface area contributed by atoms with Gasteiger partial charge in [-0.05, 0) is 92.6 Å². The first-order valence-corrected chi connectivity index (χ1v) is 19.9. The molecule has 2 aromatic carbocycles. The van der Waals surface area contributed by atoms with E-state index in [1.165, 1.54) is 23.3 Å². The van der Waals surface area contributed by atoms with Crippen LogP contribution in [0.25, 0.3) is 11.3 Å². The maximum atomic E-state index is 14.0. The molecule has 53 heavy (non-hydrogen) atoms. The highest BCUT2D eigenvalue weighted by molar-refractivity contribution is 7.14. The van der Waals surface area contributed by atoms with E-state index in [0.717, 1.165) is 67.1 Å². The summed E-state index contributed by atoms with van der Waals surface area (Å²) in [5, 5.41) is 6.46. The van der Waals surface area contributed by atoms with E-state index in [4.69, 9.17) is 9.72 Å². The summed E-state index contributed by atoms with van der Waals surface area (Å²) < 4.78 is 5.54. The summed E-state index contributed by atoms with van der Waals surface area (Å²) in [7, 11) is 0. The molecule has 278 valence electrons. The minimum atomic E-state index is -0.386. The monoisotopic (exact) mass is 734 g/mol. The normalized spacial score (nSPS) is 17.2. The zero-order valence-corrected chi connectivity index (χ0v) is 31.9.